The summed E-state index contributed by atoms with van der Waals surface area (Å²) in [4.78, 5) is 20.5. The van der Waals surface area contributed by atoms with Crippen LogP contribution in [0, 0.1) is 13.8 Å². The molecule has 4 nitrogen and oxygen atoms in total. The van der Waals surface area contributed by atoms with Gasteiger partial charge in [-0.1, -0.05) is 18.2 Å². The number of fused-ring (bicyclic) bond motifs is 1. The summed E-state index contributed by atoms with van der Waals surface area (Å²) >= 11 is 0. The van der Waals surface area contributed by atoms with Crippen molar-refractivity contribution in [1.82, 2.24) is 14.5 Å². The summed E-state index contributed by atoms with van der Waals surface area (Å²) in [5.41, 5.74) is 2.26. The van der Waals surface area contributed by atoms with Gasteiger partial charge in [-0.2, -0.15) is 4.98 Å². The van der Waals surface area contributed by atoms with Crippen LogP contribution in [0.5, 0.6) is 0 Å². The molecule has 0 aliphatic rings. The van der Waals surface area contributed by atoms with Crippen LogP contribution < -0.4 is 5.56 Å². The lowest BCUT2D eigenvalue weighted by atomic mass is 10.2. The molecule has 0 saturated carbocycles. The molecule has 19 heavy (non-hydrogen) atoms. The molecule has 3 aromatic rings. The molecule has 1 aromatic carbocycles. The van der Waals surface area contributed by atoms with Crippen LogP contribution in [0.1, 0.15) is 11.5 Å². The first-order valence-electron chi connectivity index (χ1n) is 6.09. The van der Waals surface area contributed by atoms with E-state index in [9.17, 15) is 4.79 Å². The highest BCUT2D eigenvalue weighted by atomic mass is 16.1. The predicted octanol–water partition coefficient (Wildman–Crippen LogP) is 2.40. The van der Waals surface area contributed by atoms with Gasteiger partial charge in [0.1, 0.15) is 5.82 Å². The molecule has 0 N–H and O–H groups in total. The lowest BCUT2D eigenvalue weighted by Gasteiger charge is -2.12. The van der Waals surface area contributed by atoms with Crippen molar-refractivity contribution in [3.63, 3.8) is 0 Å². The Labute approximate surface area is 110 Å². The van der Waals surface area contributed by atoms with Crippen molar-refractivity contribution in [3.05, 3.63) is 64.3 Å². The third kappa shape index (κ3) is 1.91. The zero-order valence-electron chi connectivity index (χ0n) is 10.8. The Morgan fingerprint density at radius 2 is 1.68 bits per heavy atom. The maximum absolute atomic E-state index is 11.9. The number of rotatable bonds is 1. The molecular formula is C15H13N3O. The molecule has 0 radical (unpaired) electrons. The van der Waals surface area contributed by atoms with Gasteiger partial charge in [0.25, 0.3) is 5.56 Å². The van der Waals surface area contributed by atoms with E-state index in [1.54, 1.807) is 6.07 Å². The van der Waals surface area contributed by atoms with Crippen molar-refractivity contribution in [2.45, 2.75) is 13.8 Å². The molecule has 2 heterocycles. The van der Waals surface area contributed by atoms with E-state index < -0.39 is 0 Å². The number of hydrogen-bond donors (Lipinski definition) is 0. The van der Waals surface area contributed by atoms with E-state index in [2.05, 4.69) is 9.97 Å². The van der Waals surface area contributed by atoms with Crippen LogP contribution in [-0.4, -0.2) is 14.5 Å². The van der Waals surface area contributed by atoms with Crippen molar-refractivity contribution in [1.29, 1.82) is 0 Å². The first kappa shape index (κ1) is 11.6. The van der Waals surface area contributed by atoms with Gasteiger partial charge >= 0.3 is 0 Å². The summed E-state index contributed by atoms with van der Waals surface area (Å²) in [7, 11) is 0. The molecule has 0 atom stereocenters. The smallest absolute Gasteiger partial charge is 0.282 e. The van der Waals surface area contributed by atoms with Crippen LogP contribution in [0.4, 0.5) is 0 Å². The summed E-state index contributed by atoms with van der Waals surface area (Å²) in [6, 6.07) is 13.4. The molecule has 94 valence electrons. The van der Waals surface area contributed by atoms with Crippen LogP contribution in [-0.2, 0) is 0 Å². The van der Waals surface area contributed by atoms with Gasteiger partial charge in [-0.05, 0) is 38.1 Å². The van der Waals surface area contributed by atoms with Crippen LogP contribution in [0.25, 0.3) is 16.7 Å². The second-order valence-corrected chi connectivity index (χ2v) is 4.46. The fourth-order valence-corrected chi connectivity index (χ4v) is 2.18. The summed E-state index contributed by atoms with van der Waals surface area (Å²) in [5, 5.41) is 0.542. The molecule has 0 aliphatic carbocycles. The van der Waals surface area contributed by atoms with Crippen molar-refractivity contribution >= 4 is 11.0 Å². The van der Waals surface area contributed by atoms with E-state index >= 15 is 0 Å². The molecule has 2 aromatic heterocycles. The Morgan fingerprint density at radius 3 is 2.42 bits per heavy atom. The summed E-state index contributed by atoms with van der Waals surface area (Å²) < 4.78 is 1.91. The van der Waals surface area contributed by atoms with Gasteiger partial charge in [0, 0.05) is 11.4 Å². The average Bonchev–Trinajstić information content (AvgIpc) is 2.39. The van der Waals surface area contributed by atoms with Gasteiger partial charge in [0.05, 0.1) is 5.39 Å². The minimum Gasteiger partial charge on any atom is -0.282 e. The minimum absolute atomic E-state index is 0.229. The Balaban J connectivity index is 2.48. The maximum Gasteiger partial charge on any atom is 0.282 e. The van der Waals surface area contributed by atoms with Gasteiger partial charge in [-0.25, -0.2) is 4.98 Å². The van der Waals surface area contributed by atoms with Crippen LogP contribution in [0.3, 0.4) is 0 Å². The fraction of sp³-hybridized carbons (Fsp3) is 0.133. The molecular weight excluding hydrogens is 238 g/mol. The Kier molecular flexibility index (Phi) is 2.63. The molecule has 0 fully saturated rings. The van der Waals surface area contributed by atoms with E-state index in [-0.39, 0.29) is 5.56 Å². The van der Waals surface area contributed by atoms with Crippen molar-refractivity contribution in [3.8, 4) is 5.69 Å². The lowest BCUT2D eigenvalue weighted by Crippen LogP contribution is -2.17. The summed E-state index contributed by atoms with van der Waals surface area (Å²) in [6.07, 6.45) is 0. The lowest BCUT2D eigenvalue weighted by molar-refractivity contribution is 0.913. The molecule has 4 heteroatoms. The number of nitrogens with zero attached hydrogens (tertiary/aromatic N) is 3. The van der Waals surface area contributed by atoms with Crippen molar-refractivity contribution in [2.75, 3.05) is 0 Å². The van der Waals surface area contributed by atoms with Crippen LogP contribution in [0.15, 0.2) is 47.3 Å². The van der Waals surface area contributed by atoms with Gasteiger partial charge in [-0.3, -0.25) is 9.36 Å². The second-order valence-electron chi connectivity index (χ2n) is 4.46. The normalized spacial score (nSPS) is 10.8. The van der Waals surface area contributed by atoms with Gasteiger partial charge in [0.15, 0.2) is 5.65 Å². The molecule has 0 unspecified atom stereocenters. The number of benzene rings is 1. The zero-order valence-corrected chi connectivity index (χ0v) is 10.8. The molecule has 0 bridgehead atoms. The van der Waals surface area contributed by atoms with Crippen LogP contribution >= 0.6 is 0 Å². The highest BCUT2D eigenvalue weighted by Crippen LogP contribution is 2.16. The van der Waals surface area contributed by atoms with Gasteiger partial charge < -0.3 is 0 Å². The van der Waals surface area contributed by atoms with Crippen molar-refractivity contribution in [2.24, 2.45) is 0 Å². The third-order valence-corrected chi connectivity index (χ3v) is 3.06. The summed E-state index contributed by atoms with van der Waals surface area (Å²) in [6.45, 7) is 3.73. The average molecular weight is 251 g/mol. The topological polar surface area (TPSA) is 47.8 Å². The Bertz CT molecular complexity index is 807. The van der Waals surface area contributed by atoms with Gasteiger partial charge in [0.2, 0.25) is 0 Å². The molecule has 0 aliphatic heterocycles. The monoisotopic (exact) mass is 251 g/mol. The third-order valence-electron chi connectivity index (χ3n) is 3.06. The number of pyridine rings is 1. The fourth-order valence-electron chi connectivity index (χ4n) is 2.18. The van der Waals surface area contributed by atoms with E-state index in [0.29, 0.717) is 16.9 Å². The van der Waals surface area contributed by atoms with E-state index in [1.807, 2.05) is 54.8 Å². The highest BCUT2D eigenvalue weighted by molar-refractivity contribution is 5.76. The van der Waals surface area contributed by atoms with E-state index in [4.69, 9.17) is 0 Å². The first-order valence-corrected chi connectivity index (χ1v) is 6.09. The second kappa shape index (κ2) is 4.31. The molecule has 0 amide bonds. The number of hydrogen-bond acceptors (Lipinski definition) is 3. The minimum atomic E-state index is -0.229. The Morgan fingerprint density at radius 1 is 0.947 bits per heavy atom. The van der Waals surface area contributed by atoms with Gasteiger partial charge in [-0.15, -0.1) is 0 Å². The standard InChI is InChI=1S/C15H13N3O/c1-10-8-9-13-14(16-10)18(11(2)17-15(13)19)12-6-4-3-5-7-12/h3-9H,1-2H3. The largest absolute Gasteiger partial charge is 0.282 e. The highest BCUT2D eigenvalue weighted by Gasteiger charge is 2.10. The van der Waals surface area contributed by atoms with E-state index in [0.717, 1.165) is 11.4 Å². The number of aryl methyl sites for hydroxylation is 2. The number of aromatic nitrogens is 3. The zero-order chi connectivity index (χ0) is 13.4. The predicted molar refractivity (Wildman–Crippen MR) is 74.6 cm³/mol. The first-order chi connectivity index (χ1) is 9.16. The molecule has 0 spiro atoms. The van der Waals surface area contributed by atoms with Crippen LogP contribution in [0.2, 0.25) is 0 Å². The Hall–Kier alpha value is -2.49. The molecule has 0 saturated heterocycles. The van der Waals surface area contributed by atoms with Crippen molar-refractivity contribution < 1.29 is 0 Å². The SMILES string of the molecule is Cc1ccc2c(=O)nc(C)n(-c3ccccc3)c2n1. The maximum atomic E-state index is 11.9. The number of para-hydroxylation sites is 1. The van der Waals surface area contributed by atoms with E-state index in [1.165, 1.54) is 0 Å². The summed E-state index contributed by atoms with van der Waals surface area (Å²) in [5.74, 6) is 0.641. The quantitative estimate of drug-likeness (QED) is 0.667. The molecule has 3 rings (SSSR count).